The molecule has 6 heteroatoms. The van der Waals surface area contributed by atoms with E-state index in [2.05, 4.69) is 15.0 Å². The first-order valence-electron chi connectivity index (χ1n) is 4.13. The van der Waals surface area contributed by atoms with Gasteiger partial charge in [0.15, 0.2) is 0 Å². The molecule has 0 spiro atoms. The maximum atomic E-state index is 11.7. The fourth-order valence-electron chi connectivity index (χ4n) is 1.41. The average Bonchev–Trinajstić information content (AvgIpc) is 2.84. The molecule has 3 rings (SSSR count). The molecule has 0 amide bonds. The van der Waals surface area contributed by atoms with E-state index >= 15 is 0 Å². The molecule has 0 atom stereocenters. The van der Waals surface area contributed by atoms with Gasteiger partial charge in [-0.3, -0.25) is 9.59 Å². The third kappa shape index (κ3) is 1.11. The lowest BCUT2D eigenvalue weighted by Crippen LogP contribution is -2.04. The molecule has 0 radical (unpaired) electrons. The number of hydrogen-bond acceptors (Lipinski definition) is 6. The van der Waals surface area contributed by atoms with Crippen LogP contribution in [-0.2, 0) is 0 Å². The number of thiazole rings is 1. The van der Waals surface area contributed by atoms with Gasteiger partial charge >= 0.3 is 0 Å². The molecule has 0 fully saturated rings. The minimum atomic E-state index is -0.421. The highest BCUT2D eigenvalue weighted by atomic mass is 32.1. The summed E-state index contributed by atoms with van der Waals surface area (Å²) >= 11 is 1.33. The lowest BCUT2D eigenvalue weighted by Gasteiger charge is -1.82. The summed E-state index contributed by atoms with van der Waals surface area (Å²) in [6.07, 6.45) is 1.60. The molecular formula is C9H3N3O2S. The van der Waals surface area contributed by atoms with Crippen molar-refractivity contribution in [2.24, 2.45) is 0 Å². The van der Waals surface area contributed by atoms with Crippen LogP contribution in [-0.4, -0.2) is 15.0 Å². The van der Waals surface area contributed by atoms with Crippen LogP contribution >= 0.6 is 11.3 Å². The number of nitrogens with zero attached hydrogens (tertiary/aromatic N) is 3. The molecule has 3 heterocycles. The van der Waals surface area contributed by atoms with Crippen LogP contribution in [0.2, 0.25) is 0 Å². The Labute approximate surface area is 87.1 Å². The molecule has 72 valence electrons. The monoisotopic (exact) mass is 217 g/mol. The summed E-state index contributed by atoms with van der Waals surface area (Å²) < 4.78 is 0. The van der Waals surface area contributed by atoms with E-state index in [0.29, 0.717) is 10.7 Å². The van der Waals surface area contributed by atoms with Crippen LogP contribution in [0.25, 0.3) is 22.1 Å². The second kappa shape index (κ2) is 2.77. The second-order valence-corrected chi connectivity index (χ2v) is 3.85. The van der Waals surface area contributed by atoms with E-state index in [4.69, 9.17) is 0 Å². The Kier molecular flexibility index (Phi) is 1.54. The number of hydrogen-bond donors (Lipinski definition) is 0. The first-order chi connectivity index (χ1) is 7.25. The Hall–Kier alpha value is -1.95. The zero-order valence-electron chi connectivity index (χ0n) is 7.30. The Morgan fingerprint density at radius 1 is 1.13 bits per heavy atom. The molecular weight excluding hydrogens is 214 g/mol. The normalized spacial score (nSPS) is 11.2. The largest absolute Gasteiger partial charge is 0.285 e. The van der Waals surface area contributed by atoms with Crippen LogP contribution < -0.4 is 11.0 Å². The van der Waals surface area contributed by atoms with E-state index in [1.54, 1.807) is 11.6 Å². The van der Waals surface area contributed by atoms with Gasteiger partial charge in [-0.25, -0.2) is 15.0 Å². The summed E-state index contributed by atoms with van der Waals surface area (Å²) in [6, 6.07) is 1.26. The minimum Gasteiger partial charge on any atom is -0.285 e. The summed E-state index contributed by atoms with van der Waals surface area (Å²) in [7, 11) is 0. The molecule has 0 bridgehead atoms. The maximum absolute atomic E-state index is 11.7. The van der Waals surface area contributed by atoms with Gasteiger partial charge < -0.3 is 0 Å². The summed E-state index contributed by atoms with van der Waals surface area (Å²) in [6.45, 7) is 0. The van der Waals surface area contributed by atoms with Gasteiger partial charge in [-0.1, -0.05) is 0 Å². The van der Waals surface area contributed by atoms with Gasteiger partial charge in [-0.05, 0) is 0 Å². The van der Waals surface area contributed by atoms with E-state index in [0.717, 1.165) is 0 Å². The molecule has 0 saturated carbocycles. The third-order valence-electron chi connectivity index (χ3n) is 2.02. The number of aromatic nitrogens is 3. The van der Waals surface area contributed by atoms with Gasteiger partial charge in [0.1, 0.15) is 16.4 Å². The molecule has 0 N–H and O–H groups in total. The Bertz CT molecular complexity index is 667. The lowest BCUT2D eigenvalue weighted by molar-refractivity contribution is 1.31. The molecule has 1 aromatic heterocycles. The molecule has 0 unspecified atom stereocenters. The van der Waals surface area contributed by atoms with Crippen molar-refractivity contribution in [2.75, 3.05) is 0 Å². The second-order valence-electron chi connectivity index (χ2n) is 2.96. The molecule has 15 heavy (non-hydrogen) atoms. The van der Waals surface area contributed by atoms with Crippen molar-refractivity contribution in [3.05, 3.63) is 38.2 Å². The molecule has 5 nitrogen and oxygen atoms in total. The van der Waals surface area contributed by atoms with Crippen molar-refractivity contribution in [2.45, 2.75) is 0 Å². The SMILES string of the molecule is O=c1cc2nc(-c3nccs3)c(=O)c-2n1. The van der Waals surface area contributed by atoms with Crippen molar-refractivity contribution in [1.82, 2.24) is 15.0 Å². The van der Waals surface area contributed by atoms with Crippen molar-refractivity contribution < 1.29 is 0 Å². The zero-order chi connectivity index (χ0) is 10.4. The summed E-state index contributed by atoms with van der Waals surface area (Å²) in [5.74, 6) is 0. The topological polar surface area (TPSA) is 72.8 Å². The van der Waals surface area contributed by atoms with E-state index in [9.17, 15) is 9.59 Å². The third-order valence-corrected chi connectivity index (χ3v) is 2.80. The highest BCUT2D eigenvalue weighted by molar-refractivity contribution is 7.13. The fraction of sp³-hybridized carbons (Fsp3) is 0. The predicted molar refractivity (Wildman–Crippen MR) is 54.7 cm³/mol. The minimum absolute atomic E-state index is 0.144. The van der Waals surface area contributed by atoms with Gasteiger partial charge in [0, 0.05) is 17.6 Å². The Morgan fingerprint density at radius 3 is 2.67 bits per heavy atom. The van der Waals surface area contributed by atoms with Crippen molar-refractivity contribution in [1.29, 1.82) is 0 Å². The quantitative estimate of drug-likeness (QED) is 0.586. The Morgan fingerprint density at radius 2 is 2.00 bits per heavy atom. The van der Waals surface area contributed by atoms with E-state index in [1.165, 1.54) is 17.4 Å². The van der Waals surface area contributed by atoms with Crippen LogP contribution in [0.1, 0.15) is 0 Å². The number of rotatable bonds is 1. The smallest absolute Gasteiger partial charge is 0.272 e. The molecule has 0 aromatic carbocycles. The van der Waals surface area contributed by atoms with Crippen molar-refractivity contribution in [3.8, 4) is 22.1 Å². The van der Waals surface area contributed by atoms with Crippen LogP contribution in [0.15, 0.2) is 27.2 Å². The van der Waals surface area contributed by atoms with E-state index in [1.807, 2.05) is 0 Å². The average molecular weight is 217 g/mol. The summed E-state index contributed by atoms with van der Waals surface area (Å²) in [5, 5.41) is 2.33. The van der Waals surface area contributed by atoms with E-state index in [-0.39, 0.29) is 16.8 Å². The van der Waals surface area contributed by atoms with Gasteiger partial charge in [-0.2, -0.15) is 0 Å². The maximum Gasteiger partial charge on any atom is 0.272 e. The van der Waals surface area contributed by atoms with E-state index < -0.39 is 5.56 Å². The first-order valence-corrected chi connectivity index (χ1v) is 5.01. The number of fused-ring (bicyclic) bond motifs is 1. The molecule has 0 aliphatic carbocycles. The van der Waals surface area contributed by atoms with Crippen molar-refractivity contribution in [3.63, 3.8) is 0 Å². The predicted octanol–water partition coefficient (Wildman–Crippen LogP) is 0.301. The van der Waals surface area contributed by atoms with Gasteiger partial charge in [0.05, 0.1) is 5.69 Å². The van der Waals surface area contributed by atoms with Crippen LogP contribution in [0.5, 0.6) is 0 Å². The van der Waals surface area contributed by atoms with Gasteiger partial charge in [-0.15, -0.1) is 11.3 Å². The van der Waals surface area contributed by atoms with Crippen LogP contribution in [0.3, 0.4) is 0 Å². The fourth-order valence-corrected chi connectivity index (χ4v) is 2.03. The Balaban J connectivity index is 2.35. The molecule has 1 aromatic rings. The van der Waals surface area contributed by atoms with Gasteiger partial charge in [0.25, 0.3) is 5.56 Å². The van der Waals surface area contributed by atoms with Gasteiger partial charge in [0.2, 0.25) is 5.43 Å². The summed E-state index contributed by atoms with van der Waals surface area (Å²) in [4.78, 5) is 34.3. The summed E-state index contributed by atoms with van der Waals surface area (Å²) in [5.41, 5.74) is 0.0419. The molecule has 2 aliphatic heterocycles. The van der Waals surface area contributed by atoms with Crippen molar-refractivity contribution >= 4 is 11.3 Å². The molecule has 2 aliphatic rings. The zero-order valence-corrected chi connectivity index (χ0v) is 8.11. The lowest BCUT2D eigenvalue weighted by atomic mass is 10.3. The highest BCUT2D eigenvalue weighted by Gasteiger charge is 2.21. The van der Waals surface area contributed by atoms with Crippen LogP contribution in [0.4, 0.5) is 0 Å². The standard InChI is InChI=1S/C9H3N3O2S/c13-5-3-4-6(12-5)8(14)7(11-4)9-10-1-2-15-9/h1-3H. The van der Waals surface area contributed by atoms with Crippen LogP contribution in [0, 0.1) is 0 Å². The first kappa shape index (κ1) is 8.37. The highest BCUT2D eigenvalue weighted by Crippen LogP contribution is 2.22. The molecule has 0 saturated heterocycles.